The standard InChI is InChI=1S/C14H11F3O/c15-14(16,17)13(18)8-6-10-5-7-11-3-1-2-4-12(11)9-10/h1-9,13,18H/b8-6+. The largest absolute Gasteiger partial charge is 0.417 e. The molecule has 2 rings (SSSR count). The first-order valence-electron chi connectivity index (χ1n) is 5.38. The van der Waals surface area contributed by atoms with Crippen LogP contribution in [0, 0.1) is 0 Å². The average Bonchev–Trinajstić information content (AvgIpc) is 2.34. The molecule has 2 aromatic rings. The summed E-state index contributed by atoms with van der Waals surface area (Å²) in [5.74, 6) is 0. The number of hydrogen-bond acceptors (Lipinski definition) is 1. The molecule has 0 saturated heterocycles. The first-order chi connectivity index (χ1) is 8.47. The van der Waals surface area contributed by atoms with Gasteiger partial charge in [-0.2, -0.15) is 13.2 Å². The fraction of sp³-hybridized carbons (Fsp3) is 0.143. The Morgan fingerprint density at radius 3 is 2.33 bits per heavy atom. The van der Waals surface area contributed by atoms with E-state index >= 15 is 0 Å². The molecular formula is C14H11F3O. The van der Waals surface area contributed by atoms with E-state index in [1.54, 1.807) is 12.1 Å². The van der Waals surface area contributed by atoms with Gasteiger partial charge in [-0.1, -0.05) is 42.5 Å². The predicted octanol–water partition coefficient (Wildman–Crippen LogP) is 3.78. The first kappa shape index (κ1) is 12.6. The number of hydrogen-bond donors (Lipinski definition) is 1. The molecule has 2 aromatic carbocycles. The fourth-order valence-electron chi connectivity index (χ4n) is 1.62. The van der Waals surface area contributed by atoms with E-state index in [-0.39, 0.29) is 0 Å². The van der Waals surface area contributed by atoms with Crippen LogP contribution in [0.5, 0.6) is 0 Å². The molecule has 0 amide bonds. The second kappa shape index (κ2) is 4.82. The Morgan fingerprint density at radius 2 is 1.67 bits per heavy atom. The zero-order valence-corrected chi connectivity index (χ0v) is 9.35. The van der Waals surface area contributed by atoms with Gasteiger partial charge in [-0.15, -0.1) is 0 Å². The Kier molecular flexibility index (Phi) is 3.39. The fourth-order valence-corrected chi connectivity index (χ4v) is 1.62. The molecule has 94 valence electrons. The highest BCUT2D eigenvalue weighted by Crippen LogP contribution is 2.22. The molecule has 1 nitrogen and oxygen atoms in total. The summed E-state index contributed by atoms with van der Waals surface area (Å²) in [7, 11) is 0. The zero-order valence-electron chi connectivity index (χ0n) is 9.35. The smallest absolute Gasteiger partial charge is 0.380 e. The van der Waals surface area contributed by atoms with Gasteiger partial charge in [-0.25, -0.2) is 0 Å². The SMILES string of the molecule is OC(/C=C/c1ccc2ccccc2c1)C(F)(F)F. The molecule has 0 saturated carbocycles. The monoisotopic (exact) mass is 252 g/mol. The lowest BCUT2D eigenvalue weighted by Gasteiger charge is -2.09. The van der Waals surface area contributed by atoms with Crippen molar-refractivity contribution in [2.45, 2.75) is 12.3 Å². The molecule has 0 bridgehead atoms. The van der Waals surface area contributed by atoms with Gasteiger partial charge in [0.2, 0.25) is 0 Å². The number of halogens is 3. The van der Waals surface area contributed by atoms with E-state index in [9.17, 15) is 13.2 Å². The molecule has 0 aliphatic rings. The molecule has 0 aliphatic carbocycles. The van der Waals surface area contributed by atoms with E-state index in [1.807, 2.05) is 30.3 Å². The van der Waals surface area contributed by atoms with E-state index in [0.29, 0.717) is 5.56 Å². The van der Waals surface area contributed by atoms with Crippen molar-refractivity contribution < 1.29 is 18.3 Å². The van der Waals surface area contributed by atoms with Crippen molar-refractivity contribution in [1.29, 1.82) is 0 Å². The molecular weight excluding hydrogens is 241 g/mol. The van der Waals surface area contributed by atoms with Crippen molar-refractivity contribution >= 4 is 16.8 Å². The summed E-state index contributed by atoms with van der Waals surface area (Å²) in [6, 6.07) is 12.9. The lowest BCUT2D eigenvalue weighted by Crippen LogP contribution is -2.25. The minimum atomic E-state index is -4.62. The molecule has 1 N–H and O–H groups in total. The Hall–Kier alpha value is -1.81. The Bertz CT molecular complexity index is 573. The quantitative estimate of drug-likeness (QED) is 0.862. The molecule has 1 unspecified atom stereocenters. The second-order valence-corrected chi connectivity index (χ2v) is 3.95. The van der Waals surface area contributed by atoms with E-state index in [1.165, 1.54) is 6.08 Å². The lowest BCUT2D eigenvalue weighted by molar-refractivity contribution is -0.187. The highest BCUT2D eigenvalue weighted by Gasteiger charge is 2.36. The summed E-state index contributed by atoms with van der Waals surface area (Å²) in [4.78, 5) is 0. The third-order valence-electron chi connectivity index (χ3n) is 2.58. The third-order valence-corrected chi connectivity index (χ3v) is 2.58. The van der Waals surface area contributed by atoms with Crippen LogP contribution in [0.4, 0.5) is 13.2 Å². The summed E-state index contributed by atoms with van der Waals surface area (Å²) < 4.78 is 36.3. The van der Waals surface area contributed by atoms with E-state index < -0.39 is 12.3 Å². The molecule has 0 heterocycles. The maximum Gasteiger partial charge on any atom is 0.417 e. The summed E-state index contributed by atoms with van der Waals surface area (Å²) in [5.41, 5.74) is 0.622. The Labute approximate surface area is 102 Å². The summed E-state index contributed by atoms with van der Waals surface area (Å²) in [5, 5.41) is 10.8. The van der Waals surface area contributed by atoms with Gasteiger partial charge in [-0.05, 0) is 28.5 Å². The van der Waals surface area contributed by atoms with Crippen molar-refractivity contribution in [2.75, 3.05) is 0 Å². The van der Waals surface area contributed by atoms with Crippen LogP contribution < -0.4 is 0 Å². The van der Waals surface area contributed by atoms with Gasteiger partial charge in [0, 0.05) is 0 Å². The van der Waals surface area contributed by atoms with Gasteiger partial charge in [0.05, 0.1) is 0 Å². The van der Waals surface area contributed by atoms with Gasteiger partial charge in [0.25, 0.3) is 0 Å². The number of rotatable bonds is 2. The maximum absolute atomic E-state index is 12.1. The van der Waals surface area contributed by atoms with Crippen LogP contribution in [0.15, 0.2) is 48.5 Å². The van der Waals surface area contributed by atoms with Crippen molar-refractivity contribution in [3.05, 3.63) is 54.1 Å². The molecule has 1 atom stereocenters. The number of fused-ring (bicyclic) bond motifs is 1. The van der Waals surface area contributed by atoms with Crippen molar-refractivity contribution in [1.82, 2.24) is 0 Å². The zero-order chi connectivity index (χ0) is 13.2. The van der Waals surface area contributed by atoms with Crippen LogP contribution in [0.1, 0.15) is 5.56 Å². The molecule has 0 spiro atoms. The lowest BCUT2D eigenvalue weighted by atomic mass is 10.1. The van der Waals surface area contributed by atoms with Gasteiger partial charge in [0.1, 0.15) is 0 Å². The van der Waals surface area contributed by atoms with E-state index in [0.717, 1.165) is 16.8 Å². The minimum Gasteiger partial charge on any atom is -0.380 e. The van der Waals surface area contributed by atoms with Gasteiger partial charge < -0.3 is 5.11 Å². The predicted molar refractivity (Wildman–Crippen MR) is 65.0 cm³/mol. The van der Waals surface area contributed by atoms with Gasteiger partial charge in [0.15, 0.2) is 6.10 Å². The van der Waals surface area contributed by atoms with Crippen LogP contribution in [-0.4, -0.2) is 17.4 Å². The van der Waals surface area contributed by atoms with Gasteiger partial charge >= 0.3 is 6.18 Å². The van der Waals surface area contributed by atoms with E-state index in [4.69, 9.17) is 5.11 Å². The van der Waals surface area contributed by atoms with Crippen LogP contribution >= 0.6 is 0 Å². The highest BCUT2D eigenvalue weighted by atomic mass is 19.4. The van der Waals surface area contributed by atoms with Crippen LogP contribution in [-0.2, 0) is 0 Å². The van der Waals surface area contributed by atoms with Crippen molar-refractivity contribution in [3.63, 3.8) is 0 Å². The summed E-state index contributed by atoms with van der Waals surface area (Å²) in [6.45, 7) is 0. The molecule has 18 heavy (non-hydrogen) atoms. The van der Waals surface area contributed by atoms with Crippen molar-refractivity contribution in [3.8, 4) is 0 Å². The number of alkyl halides is 3. The summed E-state index contributed by atoms with van der Waals surface area (Å²) in [6.07, 6.45) is -5.04. The van der Waals surface area contributed by atoms with E-state index in [2.05, 4.69) is 0 Å². The normalized spacial score (nSPS) is 14.2. The topological polar surface area (TPSA) is 20.2 Å². The first-order valence-corrected chi connectivity index (χ1v) is 5.38. The van der Waals surface area contributed by atoms with Crippen LogP contribution in [0.2, 0.25) is 0 Å². The molecule has 0 aliphatic heterocycles. The number of benzene rings is 2. The molecule has 0 radical (unpaired) electrons. The second-order valence-electron chi connectivity index (χ2n) is 3.95. The summed E-state index contributed by atoms with van der Waals surface area (Å²) >= 11 is 0. The maximum atomic E-state index is 12.1. The minimum absolute atomic E-state index is 0.622. The number of aliphatic hydroxyl groups excluding tert-OH is 1. The molecule has 0 aromatic heterocycles. The Balaban J connectivity index is 2.25. The average molecular weight is 252 g/mol. The van der Waals surface area contributed by atoms with Crippen LogP contribution in [0.3, 0.4) is 0 Å². The molecule has 0 fully saturated rings. The van der Waals surface area contributed by atoms with Crippen LogP contribution in [0.25, 0.3) is 16.8 Å². The van der Waals surface area contributed by atoms with Crippen molar-refractivity contribution in [2.24, 2.45) is 0 Å². The Morgan fingerprint density at radius 1 is 1.00 bits per heavy atom. The van der Waals surface area contributed by atoms with Gasteiger partial charge in [-0.3, -0.25) is 0 Å². The third kappa shape index (κ3) is 2.90. The molecule has 4 heteroatoms. The number of aliphatic hydroxyl groups is 1. The highest BCUT2D eigenvalue weighted by molar-refractivity contribution is 5.84.